The lowest BCUT2D eigenvalue weighted by Crippen LogP contribution is -2.31. The Balaban J connectivity index is 2.34. The summed E-state index contributed by atoms with van der Waals surface area (Å²) in [4.78, 5) is 17.1. The quantitative estimate of drug-likeness (QED) is 0.901. The molecule has 0 radical (unpaired) electrons. The van der Waals surface area contributed by atoms with Crippen LogP contribution in [-0.2, 0) is 0 Å². The molecule has 1 aromatic carbocycles. The SMILES string of the molecule is CCC(C)NC(=O)c1sc(N)nc1-c1ccccc1. The molecule has 0 aliphatic carbocycles. The Morgan fingerprint density at radius 2 is 2.11 bits per heavy atom. The van der Waals surface area contributed by atoms with E-state index in [-0.39, 0.29) is 11.9 Å². The van der Waals surface area contributed by atoms with Crippen LogP contribution in [0.4, 0.5) is 5.13 Å². The van der Waals surface area contributed by atoms with Crippen molar-refractivity contribution in [3.05, 3.63) is 35.2 Å². The molecule has 0 spiro atoms. The number of amides is 1. The summed E-state index contributed by atoms with van der Waals surface area (Å²) in [5, 5.41) is 3.36. The second kappa shape index (κ2) is 5.84. The van der Waals surface area contributed by atoms with Gasteiger partial charge in [-0.2, -0.15) is 0 Å². The number of carbonyl (C=O) groups excluding carboxylic acids is 1. The molecule has 1 amide bonds. The average molecular weight is 275 g/mol. The van der Waals surface area contributed by atoms with Crippen LogP contribution in [0, 0.1) is 0 Å². The van der Waals surface area contributed by atoms with Gasteiger partial charge in [-0.3, -0.25) is 4.79 Å². The normalized spacial score (nSPS) is 12.1. The van der Waals surface area contributed by atoms with Crippen molar-refractivity contribution >= 4 is 22.4 Å². The number of hydrogen-bond acceptors (Lipinski definition) is 4. The zero-order chi connectivity index (χ0) is 13.8. The van der Waals surface area contributed by atoms with Crippen LogP contribution >= 0.6 is 11.3 Å². The summed E-state index contributed by atoms with van der Waals surface area (Å²) in [6.45, 7) is 4.01. The number of benzene rings is 1. The molecule has 19 heavy (non-hydrogen) atoms. The van der Waals surface area contributed by atoms with Crippen LogP contribution < -0.4 is 11.1 Å². The number of rotatable bonds is 4. The van der Waals surface area contributed by atoms with Crippen LogP contribution in [0.25, 0.3) is 11.3 Å². The minimum atomic E-state index is -0.109. The zero-order valence-corrected chi connectivity index (χ0v) is 11.8. The van der Waals surface area contributed by atoms with E-state index in [4.69, 9.17) is 5.73 Å². The van der Waals surface area contributed by atoms with E-state index < -0.39 is 0 Å². The lowest BCUT2D eigenvalue weighted by atomic mass is 10.1. The van der Waals surface area contributed by atoms with Crippen LogP contribution in [0.15, 0.2) is 30.3 Å². The number of carbonyl (C=O) groups is 1. The first-order valence-electron chi connectivity index (χ1n) is 6.24. The highest BCUT2D eigenvalue weighted by molar-refractivity contribution is 7.17. The Kier molecular flexibility index (Phi) is 4.16. The fourth-order valence-corrected chi connectivity index (χ4v) is 2.43. The summed E-state index contributed by atoms with van der Waals surface area (Å²) < 4.78 is 0. The van der Waals surface area contributed by atoms with Gasteiger partial charge in [0.25, 0.3) is 5.91 Å². The maximum atomic E-state index is 12.2. The molecule has 1 atom stereocenters. The minimum absolute atomic E-state index is 0.109. The number of aromatic nitrogens is 1. The lowest BCUT2D eigenvalue weighted by molar-refractivity contribution is 0.0944. The number of hydrogen-bond donors (Lipinski definition) is 2. The Hall–Kier alpha value is -1.88. The molecule has 4 nitrogen and oxygen atoms in total. The molecule has 100 valence electrons. The highest BCUT2D eigenvalue weighted by Gasteiger charge is 2.19. The van der Waals surface area contributed by atoms with Gasteiger partial charge in [-0.15, -0.1) is 0 Å². The van der Waals surface area contributed by atoms with E-state index >= 15 is 0 Å². The van der Waals surface area contributed by atoms with Crippen LogP contribution in [0.1, 0.15) is 29.9 Å². The summed E-state index contributed by atoms with van der Waals surface area (Å²) >= 11 is 1.22. The molecule has 0 bridgehead atoms. The van der Waals surface area contributed by atoms with Gasteiger partial charge in [0.15, 0.2) is 5.13 Å². The maximum Gasteiger partial charge on any atom is 0.263 e. The number of anilines is 1. The minimum Gasteiger partial charge on any atom is -0.375 e. The first kappa shape index (κ1) is 13.5. The fraction of sp³-hybridized carbons (Fsp3) is 0.286. The molecule has 1 aromatic heterocycles. The van der Waals surface area contributed by atoms with Gasteiger partial charge < -0.3 is 11.1 Å². The van der Waals surface area contributed by atoms with E-state index in [1.54, 1.807) is 0 Å². The zero-order valence-electron chi connectivity index (χ0n) is 11.0. The molecular weight excluding hydrogens is 258 g/mol. The number of nitrogens with two attached hydrogens (primary N) is 1. The number of nitrogen functional groups attached to an aromatic ring is 1. The molecule has 0 saturated carbocycles. The van der Waals surface area contributed by atoms with Gasteiger partial charge in [0.05, 0.1) is 5.69 Å². The van der Waals surface area contributed by atoms with E-state index in [1.165, 1.54) is 11.3 Å². The average Bonchev–Trinajstić information content (AvgIpc) is 2.82. The van der Waals surface area contributed by atoms with Crippen molar-refractivity contribution in [3.63, 3.8) is 0 Å². The first-order valence-corrected chi connectivity index (χ1v) is 7.06. The molecule has 0 aliphatic heterocycles. The van der Waals surface area contributed by atoms with Gasteiger partial charge in [0.2, 0.25) is 0 Å². The van der Waals surface area contributed by atoms with Crippen molar-refractivity contribution in [2.75, 3.05) is 5.73 Å². The fourth-order valence-electron chi connectivity index (χ4n) is 1.67. The van der Waals surface area contributed by atoms with Crippen LogP contribution in [0.2, 0.25) is 0 Å². The van der Waals surface area contributed by atoms with Gasteiger partial charge in [-0.25, -0.2) is 4.98 Å². The van der Waals surface area contributed by atoms with Crippen LogP contribution in [0.5, 0.6) is 0 Å². The van der Waals surface area contributed by atoms with Gasteiger partial charge in [-0.1, -0.05) is 48.6 Å². The Labute approximate surface area is 116 Å². The molecule has 5 heteroatoms. The van der Waals surface area contributed by atoms with E-state index in [9.17, 15) is 4.79 Å². The van der Waals surface area contributed by atoms with Crippen LogP contribution in [-0.4, -0.2) is 16.9 Å². The van der Waals surface area contributed by atoms with Crippen molar-refractivity contribution < 1.29 is 4.79 Å². The van der Waals surface area contributed by atoms with Crippen molar-refractivity contribution in [1.29, 1.82) is 0 Å². The third-order valence-electron chi connectivity index (χ3n) is 2.89. The Bertz CT molecular complexity index is 565. The smallest absolute Gasteiger partial charge is 0.263 e. The first-order chi connectivity index (χ1) is 9.11. The molecular formula is C14H17N3OS. The highest BCUT2D eigenvalue weighted by atomic mass is 32.1. The van der Waals surface area contributed by atoms with Crippen molar-refractivity contribution in [3.8, 4) is 11.3 Å². The summed E-state index contributed by atoms with van der Waals surface area (Å²) in [6, 6.07) is 9.75. The van der Waals surface area contributed by atoms with Crippen molar-refractivity contribution in [1.82, 2.24) is 10.3 Å². The van der Waals surface area contributed by atoms with E-state index in [1.807, 2.05) is 44.2 Å². The van der Waals surface area contributed by atoms with E-state index in [0.717, 1.165) is 12.0 Å². The molecule has 1 heterocycles. The summed E-state index contributed by atoms with van der Waals surface area (Å²) in [5.41, 5.74) is 7.31. The highest BCUT2D eigenvalue weighted by Crippen LogP contribution is 2.29. The Morgan fingerprint density at radius 1 is 1.42 bits per heavy atom. The monoisotopic (exact) mass is 275 g/mol. The third kappa shape index (κ3) is 3.12. The standard InChI is InChI=1S/C14H17N3OS/c1-3-9(2)16-13(18)12-11(17-14(15)19-12)10-7-5-4-6-8-10/h4-9H,3H2,1-2H3,(H2,15,17)(H,16,18). The largest absolute Gasteiger partial charge is 0.375 e. The molecule has 0 fully saturated rings. The lowest BCUT2D eigenvalue weighted by Gasteiger charge is -2.10. The topological polar surface area (TPSA) is 68.0 Å². The van der Waals surface area contributed by atoms with Gasteiger partial charge in [0.1, 0.15) is 4.88 Å². The number of nitrogens with zero attached hydrogens (tertiary/aromatic N) is 1. The summed E-state index contributed by atoms with van der Waals surface area (Å²) in [7, 11) is 0. The second-order valence-corrected chi connectivity index (χ2v) is 5.41. The molecule has 1 unspecified atom stereocenters. The second-order valence-electron chi connectivity index (χ2n) is 4.38. The van der Waals surface area contributed by atoms with Gasteiger partial charge >= 0.3 is 0 Å². The van der Waals surface area contributed by atoms with E-state index in [2.05, 4.69) is 10.3 Å². The molecule has 2 aromatic rings. The van der Waals surface area contributed by atoms with Crippen LogP contribution in [0.3, 0.4) is 0 Å². The molecule has 0 saturated heterocycles. The van der Waals surface area contributed by atoms with E-state index in [0.29, 0.717) is 15.7 Å². The predicted octanol–water partition coefficient (Wildman–Crippen LogP) is 2.92. The van der Waals surface area contributed by atoms with Gasteiger partial charge in [0, 0.05) is 11.6 Å². The summed E-state index contributed by atoms with van der Waals surface area (Å²) in [6.07, 6.45) is 0.890. The number of thiazole rings is 1. The molecule has 2 rings (SSSR count). The maximum absolute atomic E-state index is 12.2. The van der Waals surface area contributed by atoms with Crippen molar-refractivity contribution in [2.45, 2.75) is 26.3 Å². The number of nitrogens with one attached hydrogen (secondary N) is 1. The summed E-state index contributed by atoms with van der Waals surface area (Å²) in [5.74, 6) is -0.109. The molecule has 3 N–H and O–H groups in total. The predicted molar refractivity (Wildman–Crippen MR) is 79.2 cm³/mol. The molecule has 0 aliphatic rings. The van der Waals surface area contributed by atoms with Crippen molar-refractivity contribution in [2.24, 2.45) is 0 Å². The Morgan fingerprint density at radius 3 is 2.74 bits per heavy atom. The third-order valence-corrected chi connectivity index (χ3v) is 3.77. The van der Waals surface area contributed by atoms with Gasteiger partial charge in [-0.05, 0) is 13.3 Å².